The van der Waals surface area contributed by atoms with Crippen molar-refractivity contribution < 1.29 is 13.9 Å². The van der Waals surface area contributed by atoms with Crippen LogP contribution in [0.1, 0.15) is 18.6 Å². The maximum Gasteiger partial charge on any atom is 0.224 e. The predicted molar refractivity (Wildman–Crippen MR) is 69.4 cm³/mol. The number of piperidine rings is 1. The van der Waals surface area contributed by atoms with Crippen molar-refractivity contribution in [3.05, 3.63) is 24.2 Å². The zero-order valence-corrected chi connectivity index (χ0v) is 11.2. The second-order valence-electron chi connectivity index (χ2n) is 5.32. The molecular weight excluding hydrogens is 244 g/mol. The average molecular weight is 264 g/mol. The third-order valence-corrected chi connectivity index (χ3v) is 4.17. The van der Waals surface area contributed by atoms with Gasteiger partial charge in [-0.15, -0.1) is 0 Å². The van der Waals surface area contributed by atoms with E-state index in [-0.39, 0.29) is 17.9 Å². The van der Waals surface area contributed by atoms with Crippen molar-refractivity contribution in [1.82, 2.24) is 10.2 Å². The molecule has 1 aromatic rings. The van der Waals surface area contributed by atoms with Crippen molar-refractivity contribution in [1.29, 1.82) is 0 Å². The van der Waals surface area contributed by atoms with Crippen molar-refractivity contribution in [3.63, 3.8) is 0 Å². The van der Waals surface area contributed by atoms with Crippen LogP contribution in [0.3, 0.4) is 0 Å². The molecular formula is C14H20N2O3. The van der Waals surface area contributed by atoms with Crippen LogP contribution in [0.2, 0.25) is 0 Å². The Balaban J connectivity index is 1.74. The fourth-order valence-corrected chi connectivity index (χ4v) is 3.23. The van der Waals surface area contributed by atoms with Crippen molar-refractivity contribution in [2.45, 2.75) is 31.5 Å². The number of rotatable bonds is 3. The Morgan fingerprint density at radius 2 is 2.47 bits per heavy atom. The minimum absolute atomic E-state index is 0.0133. The number of nitrogens with zero attached hydrogens (tertiary/aromatic N) is 1. The number of nitrogens with one attached hydrogen (secondary N) is 1. The van der Waals surface area contributed by atoms with Gasteiger partial charge in [0.1, 0.15) is 5.76 Å². The molecule has 2 aliphatic heterocycles. The van der Waals surface area contributed by atoms with Gasteiger partial charge in [0.15, 0.2) is 0 Å². The Kier molecular flexibility index (Phi) is 3.57. The molecule has 0 unspecified atom stereocenters. The molecule has 1 amide bonds. The first-order valence-corrected chi connectivity index (χ1v) is 6.87. The zero-order valence-electron chi connectivity index (χ0n) is 11.2. The van der Waals surface area contributed by atoms with Gasteiger partial charge in [0.2, 0.25) is 5.91 Å². The molecule has 104 valence electrons. The minimum Gasteiger partial charge on any atom is -0.468 e. The topological polar surface area (TPSA) is 54.7 Å². The summed E-state index contributed by atoms with van der Waals surface area (Å²) in [6, 6.07) is 4.30. The van der Waals surface area contributed by atoms with Crippen LogP contribution in [0.15, 0.2) is 22.8 Å². The molecule has 0 aliphatic carbocycles. The van der Waals surface area contributed by atoms with Crippen LogP contribution in [0.5, 0.6) is 0 Å². The van der Waals surface area contributed by atoms with E-state index >= 15 is 0 Å². The van der Waals surface area contributed by atoms with Crippen LogP contribution < -0.4 is 5.32 Å². The van der Waals surface area contributed by atoms with Gasteiger partial charge >= 0.3 is 0 Å². The molecule has 3 heterocycles. The molecule has 2 fully saturated rings. The summed E-state index contributed by atoms with van der Waals surface area (Å²) >= 11 is 0. The van der Waals surface area contributed by atoms with Gasteiger partial charge in [-0.3, -0.25) is 9.69 Å². The summed E-state index contributed by atoms with van der Waals surface area (Å²) in [5.41, 5.74) is 0. The van der Waals surface area contributed by atoms with Crippen molar-refractivity contribution >= 4 is 5.91 Å². The van der Waals surface area contributed by atoms with Crippen LogP contribution >= 0.6 is 0 Å². The lowest BCUT2D eigenvalue weighted by Crippen LogP contribution is -2.52. The smallest absolute Gasteiger partial charge is 0.224 e. The Hall–Kier alpha value is -1.33. The SMILES string of the molecule is CNC(=O)[C@H]1C[C@@H]2OCC[C@@H]2N(Cc2ccco2)C1. The molecule has 2 saturated heterocycles. The summed E-state index contributed by atoms with van der Waals surface area (Å²) in [6.45, 7) is 2.33. The molecule has 0 bridgehead atoms. The highest BCUT2D eigenvalue weighted by Gasteiger charge is 2.42. The number of hydrogen-bond acceptors (Lipinski definition) is 4. The number of ether oxygens (including phenoxy) is 1. The van der Waals surface area contributed by atoms with E-state index in [9.17, 15) is 4.79 Å². The monoisotopic (exact) mass is 264 g/mol. The van der Waals surface area contributed by atoms with Crippen LogP contribution in [0.4, 0.5) is 0 Å². The molecule has 5 heteroatoms. The van der Waals surface area contributed by atoms with Crippen molar-refractivity contribution in [3.8, 4) is 0 Å². The van der Waals surface area contributed by atoms with Gasteiger partial charge in [-0.25, -0.2) is 0 Å². The van der Waals surface area contributed by atoms with E-state index in [1.165, 1.54) is 0 Å². The third kappa shape index (κ3) is 2.53. The first-order valence-electron chi connectivity index (χ1n) is 6.87. The number of furan rings is 1. The Morgan fingerprint density at radius 1 is 1.58 bits per heavy atom. The van der Waals surface area contributed by atoms with E-state index in [0.29, 0.717) is 6.04 Å². The molecule has 2 aliphatic rings. The Morgan fingerprint density at radius 3 is 3.21 bits per heavy atom. The maximum absolute atomic E-state index is 11.9. The standard InChI is InChI=1S/C14H20N2O3/c1-15-14(17)10-7-13-12(4-6-19-13)16(8-10)9-11-3-2-5-18-11/h2-3,5,10,12-13H,4,6-9H2,1H3,(H,15,17)/t10-,12-,13-/m0/s1. The van der Waals surface area contributed by atoms with Crippen LogP contribution in [-0.4, -0.2) is 43.2 Å². The molecule has 0 radical (unpaired) electrons. The van der Waals surface area contributed by atoms with E-state index in [1.54, 1.807) is 13.3 Å². The lowest BCUT2D eigenvalue weighted by atomic mass is 9.89. The highest BCUT2D eigenvalue weighted by atomic mass is 16.5. The molecule has 1 N–H and O–H groups in total. The van der Waals surface area contributed by atoms with E-state index < -0.39 is 0 Å². The van der Waals surface area contributed by atoms with Gasteiger partial charge in [0, 0.05) is 26.2 Å². The van der Waals surface area contributed by atoms with Gasteiger partial charge in [-0.05, 0) is 25.0 Å². The molecule has 0 spiro atoms. The first kappa shape index (κ1) is 12.7. The molecule has 0 saturated carbocycles. The highest BCUT2D eigenvalue weighted by molar-refractivity contribution is 5.78. The summed E-state index contributed by atoms with van der Waals surface area (Å²) < 4.78 is 11.2. The largest absolute Gasteiger partial charge is 0.468 e. The zero-order chi connectivity index (χ0) is 13.2. The molecule has 0 aromatic carbocycles. The number of carbonyl (C=O) groups excluding carboxylic acids is 1. The highest BCUT2D eigenvalue weighted by Crippen LogP contribution is 2.32. The number of fused-ring (bicyclic) bond motifs is 1. The Labute approximate surface area is 112 Å². The predicted octanol–water partition coefficient (Wildman–Crippen LogP) is 1.00. The van der Waals surface area contributed by atoms with Gasteiger partial charge in [0.05, 0.1) is 24.8 Å². The summed E-state index contributed by atoms with van der Waals surface area (Å²) in [7, 11) is 1.70. The summed E-state index contributed by atoms with van der Waals surface area (Å²) in [5.74, 6) is 1.07. The van der Waals surface area contributed by atoms with E-state index in [0.717, 1.165) is 38.3 Å². The first-order chi connectivity index (χ1) is 9.28. The summed E-state index contributed by atoms with van der Waals surface area (Å²) in [6.07, 6.45) is 3.76. The molecule has 19 heavy (non-hydrogen) atoms. The minimum atomic E-state index is 0.0133. The fourth-order valence-electron chi connectivity index (χ4n) is 3.23. The number of likely N-dealkylation sites (tertiary alicyclic amines) is 1. The third-order valence-electron chi connectivity index (χ3n) is 4.17. The molecule has 1 aromatic heterocycles. The molecule has 3 rings (SSSR count). The number of hydrogen-bond donors (Lipinski definition) is 1. The van der Waals surface area contributed by atoms with Crippen molar-refractivity contribution in [2.75, 3.05) is 20.2 Å². The van der Waals surface area contributed by atoms with E-state index in [2.05, 4.69) is 10.2 Å². The van der Waals surface area contributed by atoms with E-state index in [1.807, 2.05) is 12.1 Å². The summed E-state index contributed by atoms with van der Waals surface area (Å²) in [4.78, 5) is 14.2. The van der Waals surface area contributed by atoms with E-state index in [4.69, 9.17) is 9.15 Å². The number of carbonyl (C=O) groups is 1. The second-order valence-corrected chi connectivity index (χ2v) is 5.32. The van der Waals surface area contributed by atoms with Gasteiger partial charge in [-0.1, -0.05) is 0 Å². The van der Waals surface area contributed by atoms with Gasteiger partial charge in [0.25, 0.3) is 0 Å². The lowest BCUT2D eigenvalue weighted by molar-refractivity contribution is -0.129. The number of amides is 1. The molecule has 3 atom stereocenters. The summed E-state index contributed by atoms with van der Waals surface area (Å²) in [5, 5.41) is 2.75. The van der Waals surface area contributed by atoms with Crippen LogP contribution in [0, 0.1) is 5.92 Å². The Bertz CT molecular complexity index is 432. The van der Waals surface area contributed by atoms with Gasteiger partial charge < -0.3 is 14.5 Å². The van der Waals surface area contributed by atoms with Crippen LogP contribution in [-0.2, 0) is 16.1 Å². The lowest BCUT2D eigenvalue weighted by Gasteiger charge is -2.39. The van der Waals surface area contributed by atoms with Gasteiger partial charge in [-0.2, -0.15) is 0 Å². The molecule has 5 nitrogen and oxygen atoms in total. The van der Waals surface area contributed by atoms with Crippen molar-refractivity contribution in [2.24, 2.45) is 5.92 Å². The fraction of sp³-hybridized carbons (Fsp3) is 0.643. The maximum atomic E-state index is 11.9. The van der Waals surface area contributed by atoms with Crippen LogP contribution in [0.25, 0.3) is 0 Å². The quantitative estimate of drug-likeness (QED) is 0.885. The second kappa shape index (κ2) is 5.35. The normalized spacial score (nSPS) is 31.1. The average Bonchev–Trinajstić information content (AvgIpc) is 3.08.